The maximum atomic E-state index is 13.4. The molecule has 6 nitrogen and oxygen atoms in total. The normalized spacial score (nSPS) is 15.4. The quantitative estimate of drug-likeness (QED) is 0.512. The highest BCUT2D eigenvalue weighted by molar-refractivity contribution is 6.30. The molecule has 1 fully saturated rings. The summed E-state index contributed by atoms with van der Waals surface area (Å²) in [6.07, 6.45) is 2.16. The summed E-state index contributed by atoms with van der Waals surface area (Å²) in [7, 11) is 0. The van der Waals surface area contributed by atoms with Gasteiger partial charge in [-0.15, -0.1) is 0 Å². The zero-order chi connectivity index (χ0) is 24.0. The van der Waals surface area contributed by atoms with Gasteiger partial charge in [0.05, 0.1) is 6.61 Å². The number of nitrogens with zero attached hydrogens (tertiary/aromatic N) is 2. The molecular weight excluding hydrogens is 440 g/mol. The fourth-order valence-electron chi connectivity index (χ4n) is 4.38. The number of aryl methyl sites for hydroxylation is 2. The van der Waals surface area contributed by atoms with Gasteiger partial charge < -0.3 is 14.5 Å². The van der Waals surface area contributed by atoms with E-state index in [9.17, 15) is 14.4 Å². The first kappa shape index (κ1) is 24.8. The highest BCUT2D eigenvalue weighted by Crippen LogP contribution is 2.27. The van der Waals surface area contributed by atoms with E-state index in [-0.39, 0.29) is 24.2 Å². The molecule has 0 bridgehead atoms. The van der Waals surface area contributed by atoms with E-state index in [1.165, 1.54) is 0 Å². The lowest BCUT2D eigenvalue weighted by atomic mass is 10.1. The molecule has 0 aromatic heterocycles. The van der Waals surface area contributed by atoms with Crippen LogP contribution in [-0.2, 0) is 14.3 Å². The SMILES string of the molecule is CCOC(=O)[C@@H]1CCCN1C(=O)CCCN(C(=O)c1ccc(Cl)cc1)c1c(C)cccc1C. The fourth-order valence-corrected chi connectivity index (χ4v) is 4.50. The number of rotatable bonds is 8. The number of hydrogen-bond donors (Lipinski definition) is 0. The predicted octanol–water partition coefficient (Wildman–Crippen LogP) is 4.94. The van der Waals surface area contributed by atoms with Crippen molar-refractivity contribution in [3.05, 3.63) is 64.2 Å². The van der Waals surface area contributed by atoms with Crippen molar-refractivity contribution in [2.45, 2.75) is 52.5 Å². The second kappa shape index (κ2) is 11.3. The maximum absolute atomic E-state index is 13.4. The lowest BCUT2D eigenvalue weighted by Crippen LogP contribution is -2.41. The highest BCUT2D eigenvalue weighted by atomic mass is 35.5. The summed E-state index contributed by atoms with van der Waals surface area (Å²) >= 11 is 6.00. The third-order valence-electron chi connectivity index (χ3n) is 5.95. The molecule has 2 amide bonds. The molecule has 0 saturated carbocycles. The first-order valence-electron chi connectivity index (χ1n) is 11.4. The van der Waals surface area contributed by atoms with Crippen LogP contribution in [0.4, 0.5) is 5.69 Å². The van der Waals surface area contributed by atoms with Crippen LogP contribution < -0.4 is 4.90 Å². The monoisotopic (exact) mass is 470 g/mol. The van der Waals surface area contributed by atoms with E-state index in [4.69, 9.17) is 16.3 Å². The van der Waals surface area contributed by atoms with Crippen LogP contribution in [-0.4, -0.2) is 48.4 Å². The van der Waals surface area contributed by atoms with Gasteiger partial charge in [0.25, 0.3) is 5.91 Å². The van der Waals surface area contributed by atoms with Crippen molar-refractivity contribution in [1.29, 1.82) is 0 Å². The number of carbonyl (C=O) groups is 3. The molecule has 2 aromatic carbocycles. The Kier molecular flexibility index (Phi) is 8.50. The Bertz CT molecular complexity index is 986. The Labute approximate surface area is 200 Å². The van der Waals surface area contributed by atoms with Crippen molar-refractivity contribution in [2.75, 3.05) is 24.6 Å². The molecule has 2 aromatic rings. The first-order valence-corrected chi connectivity index (χ1v) is 11.8. The topological polar surface area (TPSA) is 66.9 Å². The van der Waals surface area contributed by atoms with Crippen LogP contribution in [0.2, 0.25) is 5.02 Å². The molecule has 33 heavy (non-hydrogen) atoms. The summed E-state index contributed by atoms with van der Waals surface area (Å²) in [6, 6.07) is 12.2. The number of amides is 2. The number of esters is 1. The lowest BCUT2D eigenvalue weighted by Gasteiger charge is -2.27. The van der Waals surface area contributed by atoms with Crippen molar-refractivity contribution in [3.8, 4) is 0 Å². The minimum Gasteiger partial charge on any atom is -0.464 e. The maximum Gasteiger partial charge on any atom is 0.328 e. The summed E-state index contributed by atoms with van der Waals surface area (Å²) in [5, 5.41) is 0.567. The summed E-state index contributed by atoms with van der Waals surface area (Å²) in [4.78, 5) is 41.9. The molecular formula is C26H31ClN2O4. The van der Waals surface area contributed by atoms with Gasteiger partial charge in [0.2, 0.25) is 5.91 Å². The summed E-state index contributed by atoms with van der Waals surface area (Å²) in [5.41, 5.74) is 3.38. The Balaban J connectivity index is 1.74. The van der Waals surface area contributed by atoms with Crippen molar-refractivity contribution < 1.29 is 19.1 Å². The largest absolute Gasteiger partial charge is 0.464 e. The number of ether oxygens (including phenoxy) is 1. The smallest absolute Gasteiger partial charge is 0.328 e. The molecule has 1 saturated heterocycles. The van der Waals surface area contributed by atoms with Crippen molar-refractivity contribution in [3.63, 3.8) is 0 Å². The second-order valence-electron chi connectivity index (χ2n) is 8.30. The number of anilines is 1. The van der Waals surface area contributed by atoms with Gasteiger partial charge in [-0.3, -0.25) is 9.59 Å². The summed E-state index contributed by atoms with van der Waals surface area (Å²) in [6.45, 7) is 6.96. The Morgan fingerprint density at radius 2 is 1.76 bits per heavy atom. The van der Waals surface area contributed by atoms with Gasteiger partial charge in [-0.2, -0.15) is 0 Å². The number of likely N-dealkylation sites (tertiary alicyclic amines) is 1. The molecule has 0 spiro atoms. The third kappa shape index (κ3) is 5.93. The Morgan fingerprint density at radius 1 is 1.09 bits per heavy atom. The Hall–Kier alpha value is -2.86. The van der Waals surface area contributed by atoms with Gasteiger partial charge in [0.1, 0.15) is 6.04 Å². The van der Waals surface area contributed by atoms with E-state index in [2.05, 4.69) is 0 Å². The highest BCUT2D eigenvalue weighted by Gasteiger charge is 2.34. The van der Waals surface area contributed by atoms with Gasteiger partial charge in [0.15, 0.2) is 0 Å². The standard InChI is InChI=1S/C26H31ClN2O4/c1-4-33-26(32)22-10-6-16-28(22)23(30)11-7-17-29(24-18(2)8-5-9-19(24)3)25(31)20-12-14-21(27)15-13-20/h5,8-9,12-15,22H,4,6-7,10-11,16-17H2,1-3H3/t22-/m0/s1. The minimum atomic E-state index is -0.497. The minimum absolute atomic E-state index is 0.0778. The summed E-state index contributed by atoms with van der Waals surface area (Å²) < 4.78 is 5.13. The number of carbonyl (C=O) groups excluding carboxylic acids is 3. The predicted molar refractivity (Wildman–Crippen MR) is 130 cm³/mol. The van der Waals surface area contributed by atoms with Crippen LogP contribution in [0.15, 0.2) is 42.5 Å². The third-order valence-corrected chi connectivity index (χ3v) is 6.20. The molecule has 1 aliphatic rings. The van der Waals surface area contributed by atoms with Crippen molar-refractivity contribution >= 4 is 35.1 Å². The fraction of sp³-hybridized carbons (Fsp3) is 0.423. The van der Waals surface area contributed by atoms with Crippen molar-refractivity contribution in [2.24, 2.45) is 0 Å². The van der Waals surface area contributed by atoms with E-state index in [1.54, 1.807) is 41.0 Å². The number of halogens is 1. The first-order chi connectivity index (χ1) is 15.8. The molecule has 3 rings (SSSR count). The zero-order valence-corrected chi connectivity index (χ0v) is 20.2. The van der Waals surface area contributed by atoms with Crippen LogP contribution in [0, 0.1) is 13.8 Å². The zero-order valence-electron chi connectivity index (χ0n) is 19.5. The molecule has 1 heterocycles. The van der Waals surface area contributed by atoms with Crippen LogP contribution in [0.5, 0.6) is 0 Å². The van der Waals surface area contributed by atoms with Crippen LogP contribution >= 0.6 is 11.6 Å². The van der Waals surface area contributed by atoms with E-state index in [0.29, 0.717) is 43.1 Å². The molecule has 0 unspecified atom stereocenters. The van der Waals surface area contributed by atoms with Gasteiger partial charge in [-0.05, 0) is 75.4 Å². The van der Waals surface area contributed by atoms with Crippen LogP contribution in [0.25, 0.3) is 0 Å². The molecule has 0 aliphatic carbocycles. The summed E-state index contributed by atoms with van der Waals surface area (Å²) in [5.74, 6) is -0.550. The van der Waals surface area contributed by atoms with E-state index in [1.807, 2.05) is 32.0 Å². The van der Waals surface area contributed by atoms with Gasteiger partial charge in [0, 0.05) is 35.8 Å². The number of benzene rings is 2. The number of para-hydroxylation sites is 1. The van der Waals surface area contributed by atoms with Crippen molar-refractivity contribution in [1.82, 2.24) is 4.90 Å². The van der Waals surface area contributed by atoms with E-state index in [0.717, 1.165) is 23.2 Å². The average molecular weight is 471 g/mol. The average Bonchev–Trinajstić information content (AvgIpc) is 3.28. The van der Waals surface area contributed by atoms with E-state index >= 15 is 0 Å². The molecule has 1 aliphatic heterocycles. The van der Waals surface area contributed by atoms with Crippen LogP contribution in [0.1, 0.15) is 54.1 Å². The van der Waals surface area contributed by atoms with E-state index < -0.39 is 6.04 Å². The molecule has 176 valence electrons. The van der Waals surface area contributed by atoms with Crippen LogP contribution in [0.3, 0.4) is 0 Å². The lowest BCUT2D eigenvalue weighted by molar-refractivity contribution is -0.153. The van der Waals surface area contributed by atoms with Gasteiger partial charge in [-0.25, -0.2) is 4.79 Å². The molecule has 0 radical (unpaired) electrons. The molecule has 1 atom stereocenters. The van der Waals surface area contributed by atoms with Gasteiger partial charge in [-0.1, -0.05) is 29.8 Å². The second-order valence-corrected chi connectivity index (χ2v) is 8.74. The van der Waals surface area contributed by atoms with Gasteiger partial charge >= 0.3 is 5.97 Å². The molecule has 0 N–H and O–H groups in total. The molecule has 7 heteroatoms. The Morgan fingerprint density at radius 3 is 2.39 bits per heavy atom. The number of hydrogen-bond acceptors (Lipinski definition) is 4.